The Morgan fingerprint density at radius 1 is 1.47 bits per heavy atom. The van der Waals surface area contributed by atoms with Crippen molar-refractivity contribution in [2.24, 2.45) is 4.99 Å². The summed E-state index contributed by atoms with van der Waals surface area (Å²) < 4.78 is 5.41. The third-order valence-corrected chi connectivity index (χ3v) is 4.08. The monoisotopic (exact) mass is 249 g/mol. The molecule has 0 saturated heterocycles. The van der Waals surface area contributed by atoms with Crippen molar-refractivity contribution < 1.29 is 9.53 Å². The van der Waals surface area contributed by atoms with Crippen molar-refractivity contribution in [2.45, 2.75) is 29.7 Å². The topological polar surface area (TPSA) is 38.7 Å². The van der Waals surface area contributed by atoms with Gasteiger partial charge in [-0.1, -0.05) is 6.07 Å². The molecular weight excluding hydrogens is 234 g/mol. The zero-order chi connectivity index (χ0) is 12.3. The SMILES string of the molecule is COc1cc(SC)ccc1C1(N=C=O)CCC1. The van der Waals surface area contributed by atoms with E-state index < -0.39 is 0 Å². The zero-order valence-electron chi connectivity index (χ0n) is 10.0. The third kappa shape index (κ3) is 2.11. The Morgan fingerprint density at radius 3 is 2.71 bits per heavy atom. The number of aliphatic imine (C=N–C) groups is 1. The predicted octanol–water partition coefficient (Wildman–Crippen LogP) is 3.13. The Morgan fingerprint density at radius 2 is 2.24 bits per heavy atom. The summed E-state index contributed by atoms with van der Waals surface area (Å²) in [5.74, 6) is 0.815. The van der Waals surface area contributed by atoms with Gasteiger partial charge in [0.05, 0.1) is 7.11 Å². The molecule has 0 atom stereocenters. The van der Waals surface area contributed by atoms with Crippen LogP contribution in [0.4, 0.5) is 0 Å². The van der Waals surface area contributed by atoms with Gasteiger partial charge in [0.1, 0.15) is 11.3 Å². The molecule has 1 saturated carbocycles. The number of benzene rings is 1. The molecule has 90 valence electrons. The molecule has 0 N–H and O–H groups in total. The molecule has 4 heteroatoms. The van der Waals surface area contributed by atoms with Gasteiger partial charge in [-0.2, -0.15) is 4.99 Å². The zero-order valence-corrected chi connectivity index (χ0v) is 10.8. The molecule has 0 amide bonds. The fourth-order valence-corrected chi connectivity index (χ4v) is 2.65. The number of hydrogen-bond donors (Lipinski definition) is 0. The molecule has 2 rings (SSSR count). The highest BCUT2D eigenvalue weighted by Crippen LogP contribution is 2.48. The molecule has 0 bridgehead atoms. The second kappa shape index (κ2) is 4.94. The number of carbonyl (C=O) groups excluding carboxylic acids is 1. The van der Waals surface area contributed by atoms with Crippen LogP contribution in [0.1, 0.15) is 24.8 Å². The number of isocyanates is 1. The van der Waals surface area contributed by atoms with Gasteiger partial charge in [0, 0.05) is 10.5 Å². The van der Waals surface area contributed by atoms with E-state index in [2.05, 4.69) is 4.99 Å². The van der Waals surface area contributed by atoms with E-state index >= 15 is 0 Å². The van der Waals surface area contributed by atoms with Crippen molar-refractivity contribution in [2.75, 3.05) is 13.4 Å². The van der Waals surface area contributed by atoms with Crippen molar-refractivity contribution in [3.05, 3.63) is 23.8 Å². The van der Waals surface area contributed by atoms with E-state index in [9.17, 15) is 4.79 Å². The summed E-state index contributed by atoms with van der Waals surface area (Å²) in [4.78, 5) is 15.7. The predicted molar refractivity (Wildman–Crippen MR) is 68.4 cm³/mol. The standard InChI is InChI=1S/C13H15NO2S/c1-16-12-8-10(17-2)4-5-11(12)13(14-9-15)6-3-7-13/h4-5,8H,3,6-7H2,1-2H3. The minimum Gasteiger partial charge on any atom is -0.496 e. The van der Waals surface area contributed by atoms with Crippen LogP contribution in [0.15, 0.2) is 28.1 Å². The van der Waals surface area contributed by atoms with Gasteiger partial charge in [-0.05, 0) is 37.7 Å². The molecule has 1 aromatic carbocycles. The van der Waals surface area contributed by atoms with E-state index in [1.165, 1.54) is 0 Å². The molecule has 0 radical (unpaired) electrons. The minimum atomic E-state index is -0.385. The number of methoxy groups -OCH3 is 1. The van der Waals surface area contributed by atoms with Crippen LogP contribution >= 0.6 is 11.8 Å². The van der Waals surface area contributed by atoms with Crippen LogP contribution < -0.4 is 4.74 Å². The minimum absolute atomic E-state index is 0.385. The molecule has 1 aromatic rings. The summed E-state index contributed by atoms with van der Waals surface area (Å²) >= 11 is 1.67. The lowest BCUT2D eigenvalue weighted by atomic mass is 9.72. The van der Waals surface area contributed by atoms with Crippen LogP contribution in [0.2, 0.25) is 0 Å². The first-order valence-electron chi connectivity index (χ1n) is 5.57. The van der Waals surface area contributed by atoms with Crippen LogP contribution in [0.3, 0.4) is 0 Å². The first-order chi connectivity index (χ1) is 8.25. The lowest BCUT2D eigenvalue weighted by Gasteiger charge is -2.37. The summed E-state index contributed by atoms with van der Waals surface area (Å²) in [5.41, 5.74) is 0.622. The maximum absolute atomic E-state index is 10.6. The lowest BCUT2D eigenvalue weighted by Crippen LogP contribution is -2.32. The molecule has 0 aliphatic heterocycles. The molecule has 0 unspecified atom stereocenters. The largest absolute Gasteiger partial charge is 0.496 e. The van der Waals surface area contributed by atoms with Gasteiger partial charge < -0.3 is 4.74 Å². The van der Waals surface area contributed by atoms with Crippen molar-refractivity contribution in [1.29, 1.82) is 0 Å². The number of ether oxygens (including phenoxy) is 1. The van der Waals surface area contributed by atoms with Crippen LogP contribution in [0, 0.1) is 0 Å². The van der Waals surface area contributed by atoms with E-state index in [0.29, 0.717) is 0 Å². The van der Waals surface area contributed by atoms with Crippen LogP contribution in [-0.4, -0.2) is 19.4 Å². The van der Waals surface area contributed by atoms with Gasteiger partial charge >= 0.3 is 0 Å². The number of rotatable bonds is 4. The molecule has 0 heterocycles. The maximum Gasteiger partial charge on any atom is 0.235 e. The van der Waals surface area contributed by atoms with Crippen molar-refractivity contribution in [3.63, 3.8) is 0 Å². The Balaban J connectivity index is 2.47. The molecule has 3 nitrogen and oxygen atoms in total. The molecule has 0 aromatic heterocycles. The lowest BCUT2D eigenvalue weighted by molar-refractivity contribution is 0.246. The van der Waals surface area contributed by atoms with E-state index in [0.717, 1.165) is 35.5 Å². The molecular formula is C13H15NO2S. The van der Waals surface area contributed by atoms with Gasteiger partial charge in [0.2, 0.25) is 6.08 Å². The second-order valence-corrected chi connectivity index (χ2v) is 5.03. The third-order valence-electron chi connectivity index (χ3n) is 3.35. The number of thioether (sulfide) groups is 1. The highest BCUT2D eigenvalue weighted by atomic mass is 32.2. The first kappa shape index (κ1) is 12.2. The van der Waals surface area contributed by atoms with Crippen LogP contribution in [0.25, 0.3) is 0 Å². The van der Waals surface area contributed by atoms with Crippen LogP contribution in [0.5, 0.6) is 5.75 Å². The van der Waals surface area contributed by atoms with Gasteiger partial charge in [-0.25, -0.2) is 4.79 Å². The fraction of sp³-hybridized carbons (Fsp3) is 0.462. The van der Waals surface area contributed by atoms with Gasteiger partial charge in [0.15, 0.2) is 0 Å². The molecule has 17 heavy (non-hydrogen) atoms. The van der Waals surface area contributed by atoms with Crippen molar-refractivity contribution >= 4 is 17.8 Å². The highest BCUT2D eigenvalue weighted by Gasteiger charge is 2.41. The Bertz CT molecular complexity index is 462. The summed E-state index contributed by atoms with van der Waals surface area (Å²) in [7, 11) is 1.65. The fourth-order valence-electron chi connectivity index (χ4n) is 2.22. The molecule has 1 aliphatic rings. The van der Waals surface area contributed by atoms with Crippen LogP contribution in [-0.2, 0) is 10.3 Å². The molecule has 1 fully saturated rings. The quantitative estimate of drug-likeness (QED) is 0.467. The van der Waals surface area contributed by atoms with Crippen molar-refractivity contribution in [1.82, 2.24) is 0 Å². The van der Waals surface area contributed by atoms with E-state index in [-0.39, 0.29) is 5.54 Å². The number of nitrogens with zero attached hydrogens (tertiary/aromatic N) is 1. The van der Waals surface area contributed by atoms with Crippen molar-refractivity contribution in [3.8, 4) is 5.75 Å². The first-order valence-corrected chi connectivity index (χ1v) is 6.80. The number of hydrogen-bond acceptors (Lipinski definition) is 4. The maximum atomic E-state index is 10.6. The summed E-state index contributed by atoms with van der Waals surface area (Å²) in [6, 6.07) is 6.06. The summed E-state index contributed by atoms with van der Waals surface area (Å²) in [6.45, 7) is 0. The second-order valence-electron chi connectivity index (χ2n) is 4.15. The average Bonchev–Trinajstić information content (AvgIpc) is 2.33. The smallest absolute Gasteiger partial charge is 0.235 e. The van der Waals surface area contributed by atoms with E-state index in [4.69, 9.17) is 4.74 Å². The Hall–Kier alpha value is -1.25. The summed E-state index contributed by atoms with van der Waals surface area (Å²) in [5, 5.41) is 0. The van der Waals surface area contributed by atoms with E-state index in [1.807, 2.05) is 24.5 Å². The molecule has 0 spiro atoms. The Labute approximate surface area is 105 Å². The average molecular weight is 249 g/mol. The van der Waals surface area contributed by atoms with Gasteiger partial charge in [-0.3, -0.25) is 0 Å². The highest BCUT2D eigenvalue weighted by molar-refractivity contribution is 7.98. The van der Waals surface area contributed by atoms with E-state index in [1.54, 1.807) is 25.0 Å². The van der Waals surface area contributed by atoms with Gasteiger partial charge in [0.25, 0.3) is 0 Å². The Kier molecular flexibility index (Phi) is 3.55. The normalized spacial score (nSPS) is 16.8. The summed E-state index contributed by atoms with van der Waals surface area (Å²) in [6.07, 6.45) is 6.62. The van der Waals surface area contributed by atoms with Gasteiger partial charge in [-0.15, -0.1) is 11.8 Å². The molecule has 1 aliphatic carbocycles.